The van der Waals surface area contributed by atoms with Crippen molar-refractivity contribution in [1.82, 2.24) is 4.90 Å². The zero-order valence-corrected chi connectivity index (χ0v) is 21.6. The summed E-state index contributed by atoms with van der Waals surface area (Å²) in [6.45, 7) is 6.59. The molecule has 0 unspecified atom stereocenters. The molecule has 0 radical (unpaired) electrons. The Labute approximate surface area is 213 Å². The van der Waals surface area contributed by atoms with E-state index >= 15 is 0 Å². The number of halogens is 1. The van der Waals surface area contributed by atoms with Crippen molar-refractivity contribution < 1.29 is 24.4 Å². The molecular weight excluding hydrogens is 465 g/mol. The number of hydrogen-bond donors (Lipinski definition) is 2. The first-order chi connectivity index (χ1) is 16.7. The third-order valence-electron chi connectivity index (χ3n) is 7.59. The van der Waals surface area contributed by atoms with Crippen molar-refractivity contribution in [2.75, 3.05) is 6.54 Å². The summed E-state index contributed by atoms with van der Waals surface area (Å²) in [5.74, 6) is -0.851. The molecule has 0 saturated carbocycles. The lowest BCUT2D eigenvalue weighted by atomic mass is 9.58. The molecule has 1 aliphatic carbocycles. The van der Waals surface area contributed by atoms with E-state index in [0.29, 0.717) is 30.7 Å². The summed E-state index contributed by atoms with van der Waals surface area (Å²) in [4.78, 5) is 27.9. The molecule has 4 atom stereocenters. The molecule has 2 aliphatic heterocycles. The van der Waals surface area contributed by atoms with Crippen LogP contribution >= 0.6 is 11.6 Å². The number of carbonyl (C=O) groups excluding carboxylic acids is 2. The number of rotatable bonds is 8. The largest absolute Gasteiger partial charge is 0.508 e. The summed E-state index contributed by atoms with van der Waals surface area (Å²) in [5, 5.41) is 20.7. The number of hydrogen-bond acceptors (Lipinski definition) is 5. The second-order valence-electron chi connectivity index (χ2n) is 10.1. The van der Waals surface area contributed by atoms with E-state index in [4.69, 9.17) is 16.3 Å². The van der Waals surface area contributed by atoms with Crippen LogP contribution in [-0.4, -0.2) is 46.6 Å². The van der Waals surface area contributed by atoms with Gasteiger partial charge in [0.2, 0.25) is 11.8 Å². The van der Waals surface area contributed by atoms with Crippen LogP contribution < -0.4 is 0 Å². The smallest absolute Gasteiger partial charge is 0.455 e. The van der Waals surface area contributed by atoms with Gasteiger partial charge in [0.15, 0.2) is 0 Å². The number of amides is 2. The van der Waals surface area contributed by atoms with Crippen LogP contribution in [0.5, 0.6) is 5.75 Å². The average molecular weight is 500 g/mol. The lowest BCUT2D eigenvalue weighted by Gasteiger charge is -2.43. The summed E-state index contributed by atoms with van der Waals surface area (Å²) in [7, 11) is -0.950. The van der Waals surface area contributed by atoms with E-state index in [0.717, 1.165) is 42.4 Å². The minimum atomic E-state index is -0.950. The molecule has 1 aromatic carbocycles. The zero-order valence-electron chi connectivity index (χ0n) is 20.8. The number of benzene rings is 1. The molecule has 6 nitrogen and oxygen atoms in total. The molecule has 8 heteroatoms. The Morgan fingerprint density at radius 1 is 1.23 bits per heavy atom. The van der Waals surface area contributed by atoms with Crippen LogP contribution in [0.25, 0.3) is 6.08 Å². The van der Waals surface area contributed by atoms with Gasteiger partial charge in [0.25, 0.3) is 0 Å². The minimum Gasteiger partial charge on any atom is -0.508 e. The molecule has 1 aromatic rings. The molecular formula is C27H35BClNO5. The van der Waals surface area contributed by atoms with Crippen LogP contribution in [0.1, 0.15) is 64.9 Å². The highest BCUT2D eigenvalue weighted by Gasteiger charge is 2.56. The van der Waals surface area contributed by atoms with E-state index in [1.807, 2.05) is 19.9 Å². The van der Waals surface area contributed by atoms with Crippen molar-refractivity contribution in [2.45, 2.75) is 71.7 Å². The van der Waals surface area contributed by atoms with Gasteiger partial charge in [-0.3, -0.25) is 14.5 Å². The number of phenolic OH excluding ortho intramolecular Hbond substituents is 1. The minimum absolute atomic E-state index is 0.0448. The van der Waals surface area contributed by atoms with E-state index in [9.17, 15) is 19.7 Å². The maximum atomic E-state index is 13.3. The van der Waals surface area contributed by atoms with E-state index in [1.54, 1.807) is 12.1 Å². The number of carbonyl (C=O) groups is 2. The van der Waals surface area contributed by atoms with Gasteiger partial charge >= 0.3 is 7.12 Å². The van der Waals surface area contributed by atoms with Gasteiger partial charge in [0, 0.05) is 6.54 Å². The summed E-state index contributed by atoms with van der Waals surface area (Å²) >= 11 is 6.26. The topological polar surface area (TPSA) is 87.1 Å². The fourth-order valence-corrected chi connectivity index (χ4v) is 6.37. The van der Waals surface area contributed by atoms with Crippen molar-refractivity contribution in [3.63, 3.8) is 0 Å². The first-order valence-corrected chi connectivity index (χ1v) is 13.2. The van der Waals surface area contributed by atoms with Crippen LogP contribution in [-0.2, 0) is 14.2 Å². The van der Waals surface area contributed by atoms with E-state index in [-0.39, 0.29) is 35.5 Å². The number of allylic oxidation sites excluding steroid dienone is 2. The van der Waals surface area contributed by atoms with E-state index < -0.39 is 13.0 Å². The molecule has 4 rings (SSSR count). The van der Waals surface area contributed by atoms with Crippen molar-refractivity contribution in [2.24, 2.45) is 17.8 Å². The number of phenols is 1. The van der Waals surface area contributed by atoms with Crippen LogP contribution in [0.15, 0.2) is 34.9 Å². The van der Waals surface area contributed by atoms with Crippen molar-refractivity contribution in [3.05, 3.63) is 45.5 Å². The summed E-state index contributed by atoms with van der Waals surface area (Å²) in [6.07, 6.45) is 6.66. The second-order valence-corrected chi connectivity index (χ2v) is 10.5. The quantitative estimate of drug-likeness (QED) is 0.290. The van der Waals surface area contributed by atoms with Crippen molar-refractivity contribution in [3.8, 4) is 5.75 Å². The molecule has 2 N–H and O–H groups in total. The van der Waals surface area contributed by atoms with Crippen LogP contribution in [0.3, 0.4) is 0 Å². The lowest BCUT2D eigenvalue weighted by molar-refractivity contribution is -0.140. The third-order valence-corrected chi connectivity index (χ3v) is 7.91. The molecule has 2 fully saturated rings. The van der Waals surface area contributed by atoms with Gasteiger partial charge in [0.05, 0.1) is 23.0 Å². The zero-order chi connectivity index (χ0) is 25.3. The SMILES string of the molecule is CCCC1=C2[C@@H](CC/C(C)=C/c3ccc(O)cc3Cl)OB(O)C[C@@H]2[C@@H]2C(=O)N(CCC)C(=O)[C@@H]2C1. The first kappa shape index (κ1) is 26.0. The average Bonchev–Trinajstić information content (AvgIpc) is 3.04. The van der Waals surface area contributed by atoms with Gasteiger partial charge in [-0.15, -0.1) is 0 Å². The summed E-state index contributed by atoms with van der Waals surface area (Å²) < 4.78 is 6.06. The van der Waals surface area contributed by atoms with E-state index in [1.165, 1.54) is 16.5 Å². The van der Waals surface area contributed by atoms with Crippen LogP contribution in [0, 0.1) is 17.8 Å². The molecule has 0 spiro atoms. The van der Waals surface area contributed by atoms with Gasteiger partial charge in [-0.1, -0.05) is 49.1 Å². The first-order valence-electron chi connectivity index (χ1n) is 12.8. The fourth-order valence-electron chi connectivity index (χ4n) is 6.14. The molecule has 188 valence electrons. The number of likely N-dealkylation sites (tertiary alicyclic amines) is 1. The Morgan fingerprint density at radius 3 is 2.69 bits per heavy atom. The Morgan fingerprint density at radius 2 is 2.00 bits per heavy atom. The lowest BCUT2D eigenvalue weighted by Crippen LogP contribution is -2.46. The predicted molar refractivity (Wildman–Crippen MR) is 138 cm³/mol. The molecule has 3 aliphatic rings. The Bertz CT molecular complexity index is 1050. The molecule has 35 heavy (non-hydrogen) atoms. The second kappa shape index (κ2) is 10.9. The Balaban J connectivity index is 1.59. The van der Waals surface area contributed by atoms with Gasteiger partial charge in [-0.25, -0.2) is 0 Å². The van der Waals surface area contributed by atoms with Crippen LogP contribution in [0.2, 0.25) is 11.3 Å². The van der Waals surface area contributed by atoms with Crippen molar-refractivity contribution in [1.29, 1.82) is 0 Å². The molecule has 0 bridgehead atoms. The molecule has 2 amide bonds. The molecule has 2 saturated heterocycles. The number of aromatic hydroxyl groups is 1. The predicted octanol–water partition coefficient (Wildman–Crippen LogP) is 5.24. The maximum Gasteiger partial charge on any atom is 0.455 e. The van der Waals surface area contributed by atoms with Crippen molar-refractivity contribution >= 4 is 36.6 Å². The highest BCUT2D eigenvalue weighted by molar-refractivity contribution is 6.43. The molecule has 2 heterocycles. The highest BCUT2D eigenvalue weighted by atomic mass is 35.5. The fraction of sp³-hybridized carbons (Fsp3) is 0.556. The van der Waals surface area contributed by atoms with Gasteiger partial charge < -0.3 is 14.8 Å². The van der Waals surface area contributed by atoms with Gasteiger partial charge in [0.1, 0.15) is 5.75 Å². The Kier molecular flexibility index (Phi) is 8.09. The summed E-state index contributed by atoms with van der Waals surface area (Å²) in [5.41, 5.74) is 4.32. The number of imide groups is 1. The summed E-state index contributed by atoms with van der Waals surface area (Å²) in [6, 6.07) is 4.91. The molecule has 0 aromatic heterocycles. The Hall–Kier alpha value is -2.09. The maximum absolute atomic E-state index is 13.3. The van der Waals surface area contributed by atoms with Gasteiger partial charge in [-0.2, -0.15) is 0 Å². The van der Waals surface area contributed by atoms with Crippen LogP contribution in [0.4, 0.5) is 0 Å². The normalized spacial score (nSPS) is 26.9. The monoisotopic (exact) mass is 499 g/mol. The third kappa shape index (κ3) is 5.23. The number of nitrogens with zero attached hydrogens (tertiary/aromatic N) is 1. The van der Waals surface area contributed by atoms with Gasteiger partial charge in [-0.05, 0) is 80.6 Å². The van der Waals surface area contributed by atoms with E-state index in [2.05, 4.69) is 6.92 Å². The highest BCUT2D eigenvalue weighted by Crippen LogP contribution is 2.51. The standard InChI is InChI=1S/C27H35BClNO5/c1-4-6-18-13-20-25(27(33)30(11-5-2)26(20)32)21-15-28(34)35-23(24(18)21)10-7-16(3)12-17-8-9-19(31)14-22(17)29/h8-9,12,14,20-21,23,25,31,34H,4-7,10-11,13,15H2,1-3H3/b16-12+/t20-,21+,23-,25-/m1/s1. The number of fused-ring (bicyclic) bond motifs is 3.